The van der Waals surface area contributed by atoms with Gasteiger partial charge < -0.3 is 19.0 Å². The minimum atomic E-state index is -1.08. The quantitative estimate of drug-likeness (QED) is 0.297. The number of methoxy groups -OCH3 is 1. The summed E-state index contributed by atoms with van der Waals surface area (Å²) in [5, 5.41) is 3.72. The average molecular weight is 450 g/mol. The van der Waals surface area contributed by atoms with Crippen LogP contribution in [0.15, 0.2) is 53.9 Å². The van der Waals surface area contributed by atoms with Crippen molar-refractivity contribution >= 4 is 23.3 Å². The SMILES string of the molecule is CO/N=C(/C(=O)OC)c1c(F)cccc1Oc1ncnc(Oc2ccccc2Cl)c1F. The van der Waals surface area contributed by atoms with E-state index in [1.54, 1.807) is 18.2 Å². The van der Waals surface area contributed by atoms with Gasteiger partial charge in [0.2, 0.25) is 11.5 Å². The summed E-state index contributed by atoms with van der Waals surface area (Å²) in [6, 6.07) is 10.00. The normalized spacial score (nSPS) is 11.1. The monoisotopic (exact) mass is 449 g/mol. The predicted molar refractivity (Wildman–Crippen MR) is 106 cm³/mol. The number of rotatable bonds is 7. The van der Waals surface area contributed by atoms with Crippen molar-refractivity contribution in [2.45, 2.75) is 0 Å². The molecule has 0 saturated carbocycles. The van der Waals surface area contributed by atoms with Crippen LogP contribution in [0.3, 0.4) is 0 Å². The molecular formula is C20H14ClF2N3O5. The van der Waals surface area contributed by atoms with E-state index in [0.717, 1.165) is 26.6 Å². The van der Waals surface area contributed by atoms with Crippen LogP contribution in [0.2, 0.25) is 5.02 Å². The van der Waals surface area contributed by atoms with Gasteiger partial charge in [-0.25, -0.2) is 9.18 Å². The average Bonchev–Trinajstić information content (AvgIpc) is 2.76. The second-order valence-corrected chi connectivity index (χ2v) is 6.07. The molecule has 0 aliphatic carbocycles. The number of esters is 1. The van der Waals surface area contributed by atoms with Crippen molar-refractivity contribution < 1.29 is 32.6 Å². The molecule has 3 rings (SSSR count). The number of hydrogen-bond donors (Lipinski definition) is 0. The van der Waals surface area contributed by atoms with Crippen LogP contribution < -0.4 is 9.47 Å². The first kappa shape index (κ1) is 21.9. The number of carbonyl (C=O) groups is 1. The van der Waals surface area contributed by atoms with Gasteiger partial charge >= 0.3 is 5.97 Å². The Labute approximate surface area is 180 Å². The highest BCUT2D eigenvalue weighted by molar-refractivity contribution is 6.43. The first-order chi connectivity index (χ1) is 15.0. The highest BCUT2D eigenvalue weighted by atomic mass is 35.5. The molecule has 0 spiro atoms. The number of benzene rings is 2. The molecule has 1 aromatic heterocycles. The zero-order chi connectivity index (χ0) is 22.4. The number of oxime groups is 1. The molecule has 3 aromatic rings. The molecular weight excluding hydrogens is 436 g/mol. The number of para-hydroxylation sites is 1. The number of nitrogens with zero attached hydrogens (tertiary/aromatic N) is 3. The van der Waals surface area contributed by atoms with Gasteiger partial charge in [0.15, 0.2) is 0 Å². The van der Waals surface area contributed by atoms with E-state index in [1.807, 2.05) is 0 Å². The lowest BCUT2D eigenvalue weighted by Gasteiger charge is -2.13. The molecule has 160 valence electrons. The van der Waals surface area contributed by atoms with Gasteiger partial charge in [-0.05, 0) is 24.3 Å². The van der Waals surface area contributed by atoms with Crippen LogP contribution in [0.1, 0.15) is 5.56 Å². The highest BCUT2D eigenvalue weighted by Crippen LogP contribution is 2.34. The standard InChI is InChI=1S/C20H14ClF2N3O5/c1-28-20(27)17(26-29-2)15-12(22)7-5-9-14(15)31-19-16(23)18(24-10-25-19)30-13-8-4-3-6-11(13)21/h3-10H,1-2H3/b26-17+. The van der Waals surface area contributed by atoms with Crippen LogP contribution in [-0.2, 0) is 14.4 Å². The van der Waals surface area contributed by atoms with E-state index in [0.29, 0.717) is 0 Å². The van der Waals surface area contributed by atoms with Crippen molar-refractivity contribution in [2.24, 2.45) is 5.16 Å². The molecule has 0 atom stereocenters. The highest BCUT2D eigenvalue weighted by Gasteiger charge is 2.26. The predicted octanol–water partition coefficient (Wildman–Crippen LogP) is 4.52. The van der Waals surface area contributed by atoms with Crippen molar-refractivity contribution in [1.29, 1.82) is 0 Å². The third-order valence-electron chi connectivity index (χ3n) is 3.75. The molecule has 0 N–H and O–H groups in total. The topological polar surface area (TPSA) is 92.1 Å². The second kappa shape index (κ2) is 9.81. The largest absolute Gasteiger partial charge is 0.464 e. The van der Waals surface area contributed by atoms with Crippen molar-refractivity contribution in [3.8, 4) is 23.3 Å². The summed E-state index contributed by atoms with van der Waals surface area (Å²) >= 11 is 6.01. The molecule has 0 bridgehead atoms. The molecule has 0 amide bonds. The van der Waals surface area contributed by atoms with Crippen LogP contribution in [0.5, 0.6) is 23.3 Å². The molecule has 8 nitrogen and oxygen atoms in total. The number of carbonyl (C=O) groups excluding carboxylic acids is 1. The Bertz CT molecular complexity index is 1140. The van der Waals surface area contributed by atoms with Gasteiger partial charge in [0.25, 0.3) is 11.8 Å². The Morgan fingerprint density at radius 3 is 2.26 bits per heavy atom. The Morgan fingerprint density at radius 2 is 1.61 bits per heavy atom. The lowest BCUT2D eigenvalue weighted by atomic mass is 10.1. The zero-order valence-corrected chi connectivity index (χ0v) is 16.9. The van der Waals surface area contributed by atoms with Crippen LogP contribution >= 0.6 is 11.6 Å². The summed E-state index contributed by atoms with van der Waals surface area (Å²) < 4.78 is 44.9. The summed E-state index contributed by atoms with van der Waals surface area (Å²) in [5.41, 5.74) is -0.942. The van der Waals surface area contributed by atoms with Gasteiger partial charge in [0.1, 0.15) is 30.8 Å². The Morgan fingerprint density at radius 1 is 0.968 bits per heavy atom. The van der Waals surface area contributed by atoms with Gasteiger partial charge in [0.05, 0.1) is 17.7 Å². The maximum Gasteiger partial charge on any atom is 0.361 e. The molecule has 0 saturated heterocycles. The smallest absolute Gasteiger partial charge is 0.361 e. The van der Waals surface area contributed by atoms with Crippen LogP contribution in [0.25, 0.3) is 0 Å². The number of halogens is 3. The van der Waals surface area contributed by atoms with E-state index in [1.165, 1.54) is 18.2 Å². The van der Waals surface area contributed by atoms with E-state index in [-0.39, 0.29) is 16.5 Å². The molecule has 0 unspecified atom stereocenters. The summed E-state index contributed by atoms with van der Waals surface area (Å²) in [6.07, 6.45) is 0.980. The first-order valence-electron chi connectivity index (χ1n) is 8.55. The van der Waals surface area contributed by atoms with Crippen molar-refractivity contribution in [1.82, 2.24) is 9.97 Å². The van der Waals surface area contributed by atoms with E-state index in [4.69, 9.17) is 21.1 Å². The maximum atomic E-state index is 14.9. The van der Waals surface area contributed by atoms with Crippen LogP contribution in [0.4, 0.5) is 8.78 Å². The summed E-state index contributed by atoms with van der Waals surface area (Å²) in [6.45, 7) is 0. The van der Waals surface area contributed by atoms with Gasteiger partial charge in [-0.15, -0.1) is 0 Å². The minimum absolute atomic E-state index is 0.152. The summed E-state index contributed by atoms with van der Waals surface area (Å²) in [5.74, 6) is -4.16. The van der Waals surface area contributed by atoms with Crippen molar-refractivity contribution in [3.05, 3.63) is 71.0 Å². The maximum absolute atomic E-state index is 14.9. The van der Waals surface area contributed by atoms with Gasteiger partial charge in [-0.1, -0.05) is 35.0 Å². The van der Waals surface area contributed by atoms with Gasteiger partial charge in [0, 0.05) is 0 Å². The van der Waals surface area contributed by atoms with E-state index >= 15 is 0 Å². The fourth-order valence-electron chi connectivity index (χ4n) is 2.41. The fraction of sp³-hybridized carbons (Fsp3) is 0.100. The molecule has 0 radical (unpaired) electrons. The second-order valence-electron chi connectivity index (χ2n) is 5.66. The molecule has 0 aliphatic rings. The van der Waals surface area contributed by atoms with E-state index in [9.17, 15) is 13.6 Å². The van der Waals surface area contributed by atoms with E-state index < -0.39 is 40.6 Å². The Hall–Kier alpha value is -3.79. The third kappa shape index (κ3) is 4.86. The molecule has 31 heavy (non-hydrogen) atoms. The van der Waals surface area contributed by atoms with Crippen molar-refractivity contribution in [2.75, 3.05) is 14.2 Å². The first-order valence-corrected chi connectivity index (χ1v) is 8.93. The van der Waals surface area contributed by atoms with E-state index in [2.05, 4.69) is 24.7 Å². The fourth-order valence-corrected chi connectivity index (χ4v) is 2.58. The van der Waals surface area contributed by atoms with Crippen LogP contribution in [-0.4, -0.2) is 35.9 Å². The summed E-state index contributed by atoms with van der Waals surface area (Å²) in [4.78, 5) is 24.1. The number of aromatic nitrogens is 2. The molecule has 0 fully saturated rings. The third-order valence-corrected chi connectivity index (χ3v) is 4.06. The lowest BCUT2D eigenvalue weighted by Crippen LogP contribution is -2.20. The van der Waals surface area contributed by atoms with Crippen molar-refractivity contribution in [3.63, 3.8) is 0 Å². The Balaban J connectivity index is 2.01. The Kier molecular flexibility index (Phi) is 6.93. The molecule has 11 heteroatoms. The minimum Gasteiger partial charge on any atom is -0.464 e. The zero-order valence-electron chi connectivity index (χ0n) is 16.1. The van der Waals surface area contributed by atoms with Gasteiger partial charge in [-0.2, -0.15) is 14.4 Å². The summed E-state index contributed by atoms with van der Waals surface area (Å²) in [7, 11) is 2.24. The van der Waals surface area contributed by atoms with Gasteiger partial charge in [-0.3, -0.25) is 0 Å². The lowest BCUT2D eigenvalue weighted by molar-refractivity contribution is -0.132. The molecule has 0 aliphatic heterocycles. The molecule has 1 heterocycles. The molecule has 2 aromatic carbocycles. The number of hydrogen-bond acceptors (Lipinski definition) is 8. The number of ether oxygens (including phenoxy) is 3. The van der Waals surface area contributed by atoms with Crippen LogP contribution in [0, 0.1) is 11.6 Å².